The summed E-state index contributed by atoms with van der Waals surface area (Å²) in [4.78, 5) is 11.2. The summed E-state index contributed by atoms with van der Waals surface area (Å²) in [7, 11) is 0. The normalized spacial score (nSPS) is 11.1. The second kappa shape index (κ2) is 5.61. The average molecular weight is 263 g/mol. The number of nitrogen functional groups attached to an aromatic ring is 1. The number of nitrogens with two attached hydrogens (primary N) is 1. The molecular weight excluding hydrogens is 251 g/mol. The van der Waals surface area contributed by atoms with E-state index in [4.69, 9.17) is 5.73 Å². The summed E-state index contributed by atoms with van der Waals surface area (Å²) < 4.78 is 44.6. The Morgan fingerprint density at radius 1 is 1.39 bits per heavy atom. The van der Waals surface area contributed by atoms with Crippen LogP contribution in [0.2, 0.25) is 0 Å². The van der Waals surface area contributed by atoms with E-state index in [1.807, 2.05) is 0 Å². The van der Waals surface area contributed by atoms with Crippen LogP contribution in [0.5, 0.6) is 5.75 Å². The number of esters is 1. The first kappa shape index (κ1) is 14.1. The lowest BCUT2D eigenvalue weighted by Crippen LogP contribution is -2.18. The van der Waals surface area contributed by atoms with Gasteiger partial charge in [0.1, 0.15) is 0 Å². The maximum atomic E-state index is 12.1. The third-order valence-corrected chi connectivity index (χ3v) is 1.96. The van der Waals surface area contributed by atoms with Gasteiger partial charge in [-0.3, -0.25) is 4.79 Å². The molecule has 0 bridgehead atoms. The van der Waals surface area contributed by atoms with Crippen molar-refractivity contribution in [1.29, 1.82) is 0 Å². The molecule has 1 aromatic carbocycles. The minimum atomic E-state index is -4.82. The van der Waals surface area contributed by atoms with E-state index in [-0.39, 0.29) is 18.7 Å². The van der Waals surface area contributed by atoms with Crippen LogP contribution in [0.3, 0.4) is 0 Å². The maximum absolute atomic E-state index is 12.1. The Morgan fingerprint density at radius 3 is 2.61 bits per heavy atom. The van der Waals surface area contributed by atoms with Crippen molar-refractivity contribution in [3.05, 3.63) is 23.8 Å². The summed E-state index contributed by atoms with van der Waals surface area (Å²) >= 11 is 0. The van der Waals surface area contributed by atoms with Crippen LogP contribution >= 0.6 is 0 Å². The van der Waals surface area contributed by atoms with Crippen molar-refractivity contribution >= 4 is 11.7 Å². The van der Waals surface area contributed by atoms with Crippen molar-refractivity contribution in [3.63, 3.8) is 0 Å². The molecule has 2 N–H and O–H groups in total. The van der Waals surface area contributed by atoms with Crippen LogP contribution in [0.4, 0.5) is 18.9 Å². The van der Waals surface area contributed by atoms with E-state index in [1.165, 1.54) is 12.1 Å². The lowest BCUT2D eigenvalue weighted by Gasteiger charge is -2.12. The van der Waals surface area contributed by atoms with Gasteiger partial charge in [0, 0.05) is 0 Å². The first-order valence-electron chi connectivity index (χ1n) is 5.11. The van der Waals surface area contributed by atoms with Gasteiger partial charge in [0.05, 0.1) is 18.7 Å². The van der Waals surface area contributed by atoms with Gasteiger partial charge in [0.25, 0.3) is 0 Å². The zero-order valence-corrected chi connectivity index (χ0v) is 9.58. The van der Waals surface area contributed by atoms with Crippen LogP contribution in [0.25, 0.3) is 0 Å². The molecule has 100 valence electrons. The summed E-state index contributed by atoms with van der Waals surface area (Å²) in [5.41, 5.74) is 5.53. The summed E-state index contributed by atoms with van der Waals surface area (Å²) in [5.74, 6) is -1.05. The molecule has 0 aliphatic heterocycles. The molecule has 0 heterocycles. The zero-order valence-electron chi connectivity index (χ0n) is 9.58. The zero-order chi connectivity index (χ0) is 13.8. The molecule has 1 aromatic rings. The predicted molar refractivity (Wildman–Crippen MR) is 57.9 cm³/mol. The molecule has 0 amide bonds. The van der Waals surface area contributed by atoms with Crippen LogP contribution in [-0.2, 0) is 16.0 Å². The maximum Gasteiger partial charge on any atom is 0.573 e. The van der Waals surface area contributed by atoms with Crippen molar-refractivity contribution in [2.75, 3.05) is 12.3 Å². The molecule has 0 aliphatic rings. The molecular formula is C11H12F3NO3. The second-order valence-corrected chi connectivity index (χ2v) is 3.40. The van der Waals surface area contributed by atoms with Crippen molar-refractivity contribution in [3.8, 4) is 5.75 Å². The van der Waals surface area contributed by atoms with E-state index in [9.17, 15) is 18.0 Å². The van der Waals surface area contributed by atoms with E-state index < -0.39 is 18.1 Å². The van der Waals surface area contributed by atoms with Gasteiger partial charge in [-0.25, -0.2) is 0 Å². The SMILES string of the molecule is CCOC(=O)Cc1ccc(N)c(OC(F)(F)F)c1. The van der Waals surface area contributed by atoms with E-state index in [2.05, 4.69) is 9.47 Å². The number of hydrogen-bond donors (Lipinski definition) is 1. The molecule has 0 fully saturated rings. The fourth-order valence-corrected chi connectivity index (χ4v) is 1.28. The fourth-order valence-electron chi connectivity index (χ4n) is 1.28. The van der Waals surface area contributed by atoms with Gasteiger partial charge in [-0.2, -0.15) is 0 Å². The minimum Gasteiger partial charge on any atom is -0.466 e. The molecule has 0 aromatic heterocycles. The Morgan fingerprint density at radius 2 is 2.06 bits per heavy atom. The topological polar surface area (TPSA) is 61.5 Å². The van der Waals surface area contributed by atoms with Crippen molar-refractivity contribution in [2.24, 2.45) is 0 Å². The van der Waals surface area contributed by atoms with E-state index >= 15 is 0 Å². The number of ether oxygens (including phenoxy) is 2. The Hall–Kier alpha value is -1.92. The molecule has 0 unspecified atom stereocenters. The van der Waals surface area contributed by atoms with Crippen molar-refractivity contribution < 1.29 is 27.4 Å². The first-order chi connectivity index (χ1) is 8.31. The molecule has 7 heteroatoms. The van der Waals surface area contributed by atoms with Crippen LogP contribution < -0.4 is 10.5 Å². The van der Waals surface area contributed by atoms with Crippen molar-refractivity contribution in [1.82, 2.24) is 0 Å². The van der Waals surface area contributed by atoms with Gasteiger partial charge in [-0.1, -0.05) is 6.07 Å². The summed E-state index contributed by atoms with van der Waals surface area (Å²) in [6.45, 7) is 1.85. The predicted octanol–water partition coefficient (Wildman–Crippen LogP) is 2.27. The monoisotopic (exact) mass is 263 g/mol. The van der Waals surface area contributed by atoms with Crippen LogP contribution in [0, 0.1) is 0 Å². The van der Waals surface area contributed by atoms with E-state index in [0.717, 1.165) is 6.07 Å². The molecule has 0 saturated heterocycles. The fraction of sp³-hybridized carbons (Fsp3) is 0.364. The molecule has 0 spiro atoms. The highest BCUT2D eigenvalue weighted by molar-refractivity contribution is 5.73. The number of rotatable bonds is 4. The molecule has 18 heavy (non-hydrogen) atoms. The van der Waals surface area contributed by atoms with Gasteiger partial charge in [0.15, 0.2) is 5.75 Å². The Balaban J connectivity index is 2.84. The standard InChI is InChI=1S/C11H12F3NO3/c1-2-17-10(16)6-7-3-4-8(15)9(5-7)18-11(12,13)14/h3-5H,2,6,15H2,1H3. The highest BCUT2D eigenvalue weighted by Crippen LogP contribution is 2.29. The number of anilines is 1. The number of alkyl halides is 3. The molecule has 0 atom stereocenters. The lowest BCUT2D eigenvalue weighted by molar-refractivity contribution is -0.274. The summed E-state index contributed by atoms with van der Waals surface area (Å²) in [5, 5.41) is 0. The Bertz CT molecular complexity index is 432. The van der Waals surface area contributed by atoms with Gasteiger partial charge >= 0.3 is 12.3 Å². The van der Waals surface area contributed by atoms with Gasteiger partial charge < -0.3 is 15.2 Å². The second-order valence-electron chi connectivity index (χ2n) is 3.40. The van der Waals surface area contributed by atoms with Gasteiger partial charge in [-0.05, 0) is 24.6 Å². The molecule has 4 nitrogen and oxygen atoms in total. The smallest absolute Gasteiger partial charge is 0.466 e. The lowest BCUT2D eigenvalue weighted by atomic mass is 10.1. The number of hydrogen-bond acceptors (Lipinski definition) is 4. The van der Waals surface area contributed by atoms with Crippen molar-refractivity contribution in [2.45, 2.75) is 19.7 Å². The number of carbonyl (C=O) groups excluding carboxylic acids is 1. The van der Waals surface area contributed by atoms with E-state index in [0.29, 0.717) is 5.56 Å². The molecule has 0 radical (unpaired) electrons. The summed E-state index contributed by atoms with van der Waals surface area (Å²) in [6, 6.07) is 3.75. The largest absolute Gasteiger partial charge is 0.573 e. The number of carbonyl (C=O) groups is 1. The molecule has 1 rings (SSSR count). The third-order valence-electron chi connectivity index (χ3n) is 1.96. The average Bonchev–Trinajstić information content (AvgIpc) is 2.21. The quantitative estimate of drug-likeness (QED) is 0.668. The summed E-state index contributed by atoms with van der Waals surface area (Å²) in [6.07, 6.45) is -4.96. The highest BCUT2D eigenvalue weighted by Gasteiger charge is 2.32. The molecule has 0 aliphatic carbocycles. The highest BCUT2D eigenvalue weighted by atomic mass is 19.4. The van der Waals surface area contributed by atoms with Gasteiger partial charge in [0.2, 0.25) is 0 Å². The third kappa shape index (κ3) is 4.52. The van der Waals surface area contributed by atoms with Crippen LogP contribution in [0.1, 0.15) is 12.5 Å². The van der Waals surface area contributed by atoms with E-state index in [1.54, 1.807) is 6.92 Å². The van der Waals surface area contributed by atoms with Gasteiger partial charge in [-0.15, -0.1) is 13.2 Å². The minimum absolute atomic E-state index is 0.137. The number of benzene rings is 1. The van der Waals surface area contributed by atoms with Crippen LogP contribution in [0.15, 0.2) is 18.2 Å². The number of halogens is 3. The first-order valence-corrected chi connectivity index (χ1v) is 5.11. The molecule has 0 saturated carbocycles. The Kier molecular flexibility index (Phi) is 4.41. The Labute approximate surface area is 101 Å². The van der Waals surface area contributed by atoms with Crippen LogP contribution in [-0.4, -0.2) is 18.9 Å².